The maximum Gasteiger partial charge on any atom is 0.228 e. The predicted molar refractivity (Wildman–Crippen MR) is 170 cm³/mol. The summed E-state index contributed by atoms with van der Waals surface area (Å²) in [4.78, 5) is 45.1. The molecule has 0 radical (unpaired) electrons. The summed E-state index contributed by atoms with van der Waals surface area (Å²) in [6, 6.07) is 0.467. The van der Waals surface area contributed by atoms with Gasteiger partial charge in [0.2, 0.25) is 23.1 Å². The Hall–Kier alpha value is -5.09. The van der Waals surface area contributed by atoms with Crippen LogP contribution in [0.4, 0.5) is 17.8 Å². The molecule has 0 unspecified atom stereocenters. The fraction of sp³-hybridized carbons (Fsp3) is 0.357. The van der Waals surface area contributed by atoms with Crippen molar-refractivity contribution in [2.24, 2.45) is 0 Å². The maximum atomic E-state index is 6.01. The van der Waals surface area contributed by atoms with Gasteiger partial charge >= 0.3 is 0 Å². The largest absolute Gasteiger partial charge is 0.378 e. The standard InChI is InChI=1S/C16H20N8O.C12H12ClN7/c1-10(2)24-9-20-13-12(11-7-18-15(17)19-8-11)21-16(22-14(13)24)23-3-5-25-6-4-23;1-6(2)20-5-17-9-8(18-11(13)19-10(9)20)7-3-15-12(14)16-4-7/h7-10H,3-6H2,1-2H3,(H2,17,18,19);3-6H,1-2H3,(H2,14,15,16). The molecule has 17 heteroatoms. The molecule has 4 N–H and O–H groups in total. The highest BCUT2D eigenvalue weighted by molar-refractivity contribution is 6.28. The van der Waals surface area contributed by atoms with E-state index >= 15 is 0 Å². The third-order valence-electron chi connectivity index (χ3n) is 7.10. The van der Waals surface area contributed by atoms with Crippen LogP contribution in [0.1, 0.15) is 39.8 Å². The van der Waals surface area contributed by atoms with E-state index < -0.39 is 0 Å². The summed E-state index contributed by atoms with van der Waals surface area (Å²) >= 11 is 6.01. The molecule has 0 spiro atoms. The lowest BCUT2D eigenvalue weighted by Crippen LogP contribution is -2.37. The number of hydrogen-bond acceptors (Lipinski definition) is 14. The van der Waals surface area contributed by atoms with E-state index in [2.05, 4.69) is 58.6 Å². The Labute approximate surface area is 263 Å². The van der Waals surface area contributed by atoms with Crippen molar-refractivity contribution >= 4 is 51.8 Å². The van der Waals surface area contributed by atoms with Crippen molar-refractivity contribution in [3.63, 3.8) is 0 Å². The Kier molecular flexibility index (Phi) is 8.32. The normalized spacial score (nSPS) is 13.5. The first kappa shape index (κ1) is 30.0. The van der Waals surface area contributed by atoms with Crippen LogP contribution in [-0.4, -0.2) is 85.3 Å². The third-order valence-corrected chi connectivity index (χ3v) is 7.27. The molecule has 1 aliphatic rings. The number of nitrogen functional groups attached to an aromatic ring is 2. The zero-order chi connectivity index (χ0) is 31.7. The van der Waals surface area contributed by atoms with Crippen molar-refractivity contribution in [1.82, 2.24) is 59.0 Å². The minimum absolute atomic E-state index is 0.159. The van der Waals surface area contributed by atoms with Gasteiger partial charge in [-0.1, -0.05) is 0 Å². The number of morpholine rings is 1. The SMILES string of the molecule is CC(C)n1cnc2c(-c3cnc(N)nc3)nc(Cl)nc21.CC(C)n1cnc2c(-c3cnc(N)nc3)nc(N3CCOCC3)nc21. The Bertz CT molecular complexity index is 1930. The number of halogens is 1. The molecule has 0 aliphatic carbocycles. The van der Waals surface area contributed by atoms with E-state index in [9.17, 15) is 0 Å². The first-order valence-electron chi connectivity index (χ1n) is 14.3. The minimum Gasteiger partial charge on any atom is -0.378 e. The van der Waals surface area contributed by atoms with Crippen LogP contribution in [0.2, 0.25) is 5.28 Å². The van der Waals surface area contributed by atoms with Crippen molar-refractivity contribution in [2.75, 3.05) is 42.7 Å². The van der Waals surface area contributed by atoms with Crippen molar-refractivity contribution in [3.05, 3.63) is 42.7 Å². The fourth-order valence-electron chi connectivity index (χ4n) is 4.78. The van der Waals surface area contributed by atoms with Crippen LogP contribution in [-0.2, 0) is 4.74 Å². The number of nitrogens with zero attached hydrogens (tertiary/aromatic N) is 13. The van der Waals surface area contributed by atoms with E-state index in [0.717, 1.165) is 29.8 Å². The zero-order valence-electron chi connectivity index (χ0n) is 25.2. The number of hydrogen-bond donors (Lipinski definition) is 2. The van der Waals surface area contributed by atoms with Crippen LogP contribution in [0.5, 0.6) is 0 Å². The van der Waals surface area contributed by atoms with Crippen LogP contribution >= 0.6 is 11.6 Å². The van der Waals surface area contributed by atoms with E-state index in [-0.39, 0.29) is 29.3 Å². The molecule has 1 fully saturated rings. The summed E-state index contributed by atoms with van der Waals surface area (Å²) in [7, 11) is 0. The molecular weight excluding hydrogens is 598 g/mol. The van der Waals surface area contributed by atoms with Crippen LogP contribution in [0, 0.1) is 0 Å². The number of ether oxygens (including phenoxy) is 1. The molecule has 0 bridgehead atoms. The third kappa shape index (κ3) is 6.14. The van der Waals surface area contributed by atoms with Gasteiger partial charge in [-0.15, -0.1) is 0 Å². The zero-order valence-corrected chi connectivity index (χ0v) is 26.0. The molecular formula is C28H32ClN15O. The molecule has 0 saturated carbocycles. The number of anilines is 3. The van der Waals surface area contributed by atoms with Crippen molar-refractivity contribution in [1.29, 1.82) is 0 Å². The van der Waals surface area contributed by atoms with E-state index in [4.69, 9.17) is 37.8 Å². The van der Waals surface area contributed by atoms with Crippen molar-refractivity contribution < 1.29 is 4.74 Å². The van der Waals surface area contributed by atoms with Crippen LogP contribution in [0.15, 0.2) is 37.4 Å². The highest BCUT2D eigenvalue weighted by atomic mass is 35.5. The summed E-state index contributed by atoms with van der Waals surface area (Å²) in [5, 5.41) is 0.159. The molecule has 232 valence electrons. The minimum atomic E-state index is 0.159. The van der Waals surface area contributed by atoms with Crippen LogP contribution < -0.4 is 16.4 Å². The van der Waals surface area contributed by atoms with Gasteiger partial charge in [0.05, 0.1) is 25.9 Å². The maximum absolute atomic E-state index is 6.01. The topological polar surface area (TPSA) is 203 Å². The van der Waals surface area contributed by atoms with Gasteiger partial charge in [-0.3, -0.25) is 0 Å². The monoisotopic (exact) mass is 629 g/mol. The van der Waals surface area contributed by atoms with Gasteiger partial charge in [0.1, 0.15) is 22.4 Å². The van der Waals surface area contributed by atoms with Gasteiger partial charge in [-0.25, -0.2) is 39.9 Å². The molecule has 45 heavy (non-hydrogen) atoms. The van der Waals surface area contributed by atoms with E-state index in [1.165, 1.54) is 0 Å². The lowest BCUT2D eigenvalue weighted by molar-refractivity contribution is 0.122. The molecule has 16 nitrogen and oxygen atoms in total. The second-order valence-corrected chi connectivity index (χ2v) is 11.1. The van der Waals surface area contributed by atoms with E-state index in [1.807, 2.05) is 23.0 Å². The number of nitrogens with two attached hydrogens (primary N) is 2. The Balaban J connectivity index is 0.000000163. The highest BCUT2D eigenvalue weighted by Crippen LogP contribution is 2.29. The second kappa shape index (κ2) is 12.5. The summed E-state index contributed by atoms with van der Waals surface area (Å²) < 4.78 is 9.41. The van der Waals surface area contributed by atoms with Gasteiger partial charge in [0.15, 0.2) is 11.3 Å². The van der Waals surface area contributed by atoms with Gasteiger partial charge in [-0.2, -0.15) is 9.97 Å². The Morgan fingerprint density at radius 3 is 1.62 bits per heavy atom. The quantitative estimate of drug-likeness (QED) is 0.262. The van der Waals surface area contributed by atoms with Crippen LogP contribution in [0.25, 0.3) is 44.8 Å². The number of fused-ring (bicyclic) bond motifs is 2. The number of rotatable bonds is 5. The molecule has 1 aliphatic heterocycles. The molecule has 6 aromatic rings. The summed E-state index contributed by atoms with van der Waals surface area (Å²) in [5.41, 5.74) is 16.8. The van der Waals surface area contributed by atoms with E-state index in [0.29, 0.717) is 47.3 Å². The first-order chi connectivity index (χ1) is 21.7. The first-order valence-corrected chi connectivity index (χ1v) is 14.7. The summed E-state index contributed by atoms with van der Waals surface area (Å²) in [6.45, 7) is 11.2. The van der Waals surface area contributed by atoms with Gasteiger partial charge in [0.25, 0.3) is 0 Å². The summed E-state index contributed by atoms with van der Waals surface area (Å²) in [6.07, 6.45) is 10.0. The second-order valence-electron chi connectivity index (χ2n) is 10.8. The molecule has 0 aromatic carbocycles. The van der Waals surface area contributed by atoms with E-state index in [1.54, 1.807) is 37.4 Å². The van der Waals surface area contributed by atoms with Gasteiger partial charge < -0.3 is 30.2 Å². The lowest BCUT2D eigenvalue weighted by Gasteiger charge is -2.27. The van der Waals surface area contributed by atoms with Crippen molar-refractivity contribution in [3.8, 4) is 22.5 Å². The predicted octanol–water partition coefficient (Wildman–Crippen LogP) is 3.38. The fourth-order valence-corrected chi connectivity index (χ4v) is 4.94. The lowest BCUT2D eigenvalue weighted by atomic mass is 10.2. The molecule has 1 saturated heterocycles. The molecule has 7 rings (SSSR count). The van der Waals surface area contributed by atoms with Gasteiger partial charge in [0, 0.05) is 61.1 Å². The van der Waals surface area contributed by atoms with Crippen molar-refractivity contribution in [2.45, 2.75) is 39.8 Å². The van der Waals surface area contributed by atoms with Gasteiger partial charge in [-0.05, 0) is 39.3 Å². The number of imidazole rings is 2. The molecule has 7 heterocycles. The number of aromatic nitrogens is 12. The molecule has 0 atom stereocenters. The average Bonchev–Trinajstić information content (AvgIpc) is 3.67. The smallest absolute Gasteiger partial charge is 0.228 e. The highest BCUT2D eigenvalue weighted by Gasteiger charge is 2.21. The Morgan fingerprint density at radius 2 is 1.13 bits per heavy atom. The molecule has 6 aromatic heterocycles. The Morgan fingerprint density at radius 1 is 0.667 bits per heavy atom. The van der Waals surface area contributed by atoms with Crippen LogP contribution in [0.3, 0.4) is 0 Å². The molecule has 0 amide bonds. The summed E-state index contributed by atoms with van der Waals surface area (Å²) in [5.74, 6) is 1.11. The average molecular weight is 630 g/mol.